The zero-order valence-corrected chi connectivity index (χ0v) is 11.6. The van der Waals surface area contributed by atoms with Crippen LogP contribution in [-0.4, -0.2) is 50.8 Å². The smallest absolute Gasteiger partial charge is 0.104 e. The molecule has 2 aliphatic heterocycles. The minimum atomic E-state index is 0.352. The highest BCUT2D eigenvalue weighted by molar-refractivity contribution is 4.69. The van der Waals surface area contributed by atoms with Crippen molar-refractivity contribution in [3.63, 3.8) is 0 Å². The van der Waals surface area contributed by atoms with Gasteiger partial charge in [-0.2, -0.15) is 0 Å². The van der Waals surface area contributed by atoms with Crippen molar-refractivity contribution in [2.75, 3.05) is 26.4 Å². The lowest BCUT2D eigenvalue weighted by Gasteiger charge is -2.14. The lowest BCUT2D eigenvalue weighted by atomic mass is 10.1. The molecular formula is C14H26O4. The van der Waals surface area contributed by atoms with Crippen molar-refractivity contribution in [1.82, 2.24) is 0 Å². The van der Waals surface area contributed by atoms with Gasteiger partial charge in [-0.1, -0.05) is 12.8 Å². The van der Waals surface area contributed by atoms with Crippen molar-refractivity contribution in [2.45, 2.75) is 63.9 Å². The molecule has 18 heavy (non-hydrogen) atoms. The molecule has 4 nitrogen and oxygen atoms in total. The van der Waals surface area contributed by atoms with Crippen LogP contribution in [0.3, 0.4) is 0 Å². The van der Waals surface area contributed by atoms with Gasteiger partial charge in [-0.25, -0.2) is 0 Å². The molecule has 0 N–H and O–H groups in total. The van der Waals surface area contributed by atoms with Crippen LogP contribution in [0.2, 0.25) is 0 Å². The van der Waals surface area contributed by atoms with E-state index in [1.807, 2.05) is 0 Å². The fourth-order valence-corrected chi connectivity index (χ4v) is 1.90. The minimum absolute atomic E-state index is 0.352. The Morgan fingerprint density at radius 1 is 0.889 bits per heavy atom. The first-order valence-corrected chi connectivity index (χ1v) is 7.20. The maximum absolute atomic E-state index is 5.69. The monoisotopic (exact) mass is 258 g/mol. The molecule has 0 bridgehead atoms. The Morgan fingerprint density at radius 2 is 1.28 bits per heavy atom. The third-order valence-electron chi connectivity index (χ3n) is 3.41. The van der Waals surface area contributed by atoms with Gasteiger partial charge in [0.1, 0.15) is 12.2 Å². The zero-order chi connectivity index (χ0) is 12.8. The van der Waals surface area contributed by atoms with Crippen molar-refractivity contribution < 1.29 is 18.9 Å². The molecule has 106 valence electrons. The molecule has 2 rings (SSSR count). The first-order valence-electron chi connectivity index (χ1n) is 7.20. The van der Waals surface area contributed by atoms with Gasteiger partial charge in [0.15, 0.2) is 0 Å². The SMILES string of the molecule is CC(CCCCC(C)OCC1CO1)OCC1CO1. The number of epoxide rings is 2. The lowest BCUT2D eigenvalue weighted by Crippen LogP contribution is -2.14. The van der Waals surface area contributed by atoms with Gasteiger partial charge in [0.25, 0.3) is 0 Å². The average Bonchev–Trinajstić information content (AvgIpc) is 3.23. The van der Waals surface area contributed by atoms with Gasteiger partial charge in [-0.15, -0.1) is 0 Å². The summed E-state index contributed by atoms with van der Waals surface area (Å²) in [6.45, 7) is 7.59. The molecule has 2 fully saturated rings. The average molecular weight is 258 g/mol. The van der Waals surface area contributed by atoms with Gasteiger partial charge in [0, 0.05) is 0 Å². The summed E-state index contributed by atoms with van der Waals surface area (Å²) in [5, 5.41) is 0. The third kappa shape index (κ3) is 6.69. The van der Waals surface area contributed by atoms with E-state index in [1.54, 1.807) is 0 Å². The second-order valence-corrected chi connectivity index (χ2v) is 5.48. The van der Waals surface area contributed by atoms with Crippen molar-refractivity contribution >= 4 is 0 Å². The lowest BCUT2D eigenvalue weighted by molar-refractivity contribution is 0.0389. The van der Waals surface area contributed by atoms with Gasteiger partial charge in [0.05, 0.1) is 38.6 Å². The highest BCUT2D eigenvalue weighted by Crippen LogP contribution is 2.15. The summed E-state index contributed by atoms with van der Waals surface area (Å²) >= 11 is 0. The van der Waals surface area contributed by atoms with Crippen LogP contribution in [0.5, 0.6) is 0 Å². The van der Waals surface area contributed by atoms with E-state index < -0.39 is 0 Å². The van der Waals surface area contributed by atoms with E-state index >= 15 is 0 Å². The van der Waals surface area contributed by atoms with Crippen LogP contribution in [0, 0.1) is 0 Å². The standard InChI is InChI=1S/C14H26O4/c1-11(15-7-13-9-17-13)5-3-4-6-12(2)16-8-14-10-18-14/h11-14H,3-10H2,1-2H3. The summed E-state index contributed by atoms with van der Waals surface area (Å²) in [7, 11) is 0. The van der Waals surface area contributed by atoms with E-state index in [2.05, 4.69) is 13.8 Å². The Labute approximate surface area is 110 Å². The summed E-state index contributed by atoms with van der Waals surface area (Å²) in [6, 6.07) is 0. The van der Waals surface area contributed by atoms with Crippen molar-refractivity contribution in [3.8, 4) is 0 Å². The molecule has 0 aromatic heterocycles. The minimum Gasteiger partial charge on any atom is -0.376 e. The molecule has 0 radical (unpaired) electrons. The molecule has 0 spiro atoms. The summed E-state index contributed by atoms with van der Waals surface area (Å²) < 4.78 is 21.6. The Balaban J connectivity index is 1.36. The highest BCUT2D eigenvalue weighted by Gasteiger charge is 2.24. The molecule has 0 saturated carbocycles. The maximum Gasteiger partial charge on any atom is 0.104 e. The van der Waals surface area contributed by atoms with Crippen molar-refractivity contribution in [1.29, 1.82) is 0 Å². The number of unbranched alkanes of at least 4 members (excludes halogenated alkanes) is 1. The molecule has 2 heterocycles. The quantitative estimate of drug-likeness (QED) is 0.421. The van der Waals surface area contributed by atoms with Crippen LogP contribution in [0.4, 0.5) is 0 Å². The molecule has 0 amide bonds. The van der Waals surface area contributed by atoms with E-state index in [-0.39, 0.29) is 0 Å². The Bertz CT molecular complexity index is 202. The Morgan fingerprint density at radius 3 is 1.61 bits per heavy atom. The normalized spacial score (nSPS) is 29.0. The summed E-state index contributed by atoms with van der Waals surface area (Å²) in [5.74, 6) is 0. The fourth-order valence-electron chi connectivity index (χ4n) is 1.90. The molecule has 0 aromatic rings. The number of hydrogen-bond donors (Lipinski definition) is 0. The molecule has 0 aliphatic carbocycles. The predicted octanol–water partition coefficient (Wildman–Crippen LogP) is 2.15. The molecule has 0 aromatic carbocycles. The van der Waals surface area contributed by atoms with Crippen LogP contribution in [0.15, 0.2) is 0 Å². The van der Waals surface area contributed by atoms with Crippen molar-refractivity contribution in [2.24, 2.45) is 0 Å². The molecule has 4 unspecified atom stereocenters. The molecular weight excluding hydrogens is 232 g/mol. The molecule has 4 atom stereocenters. The largest absolute Gasteiger partial charge is 0.376 e. The fraction of sp³-hybridized carbons (Fsp3) is 1.00. The molecule has 2 aliphatic rings. The number of rotatable bonds is 11. The topological polar surface area (TPSA) is 43.5 Å². The van der Waals surface area contributed by atoms with Gasteiger partial charge >= 0.3 is 0 Å². The third-order valence-corrected chi connectivity index (χ3v) is 3.41. The van der Waals surface area contributed by atoms with Crippen LogP contribution >= 0.6 is 0 Å². The second kappa shape index (κ2) is 7.43. The van der Waals surface area contributed by atoms with Crippen molar-refractivity contribution in [3.05, 3.63) is 0 Å². The number of hydrogen-bond acceptors (Lipinski definition) is 4. The van der Waals surface area contributed by atoms with Gasteiger partial charge in [-0.05, 0) is 26.7 Å². The summed E-state index contributed by atoms with van der Waals surface area (Å²) in [4.78, 5) is 0. The number of ether oxygens (including phenoxy) is 4. The first-order chi connectivity index (χ1) is 8.74. The van der Waals surface area contributed by atoms with Gasteiger partial charge < -0.3 is 18.9 Å². The van der Waals surface area contributed by atoms with E-state index in [4.69, 9.17) is 18.9 Å². The van der Waals surface area contributed by atoms with Gasteiger partial charge in [0.2, 0.25) is 0 Å². The van der Waals surface area contributed by atoms with E-state index in [0.29, 0.717) is 24.4 Å². The zero-order valence-electron chi connectivity index (χ0n) is 11.6. The van der Waals surface area contributed by atoms with Crippen LogP contribution in [0.1, 0.15) is 39.5 Å². The highest BCUT2D eigenvalue weighted by atomic mass is 16.6. The van der Waals surface area contributed by atoms with Crippen LogP contribution < -0.4 is 0 Å². The Kier molecular flexibility index (Phi) is 5.89. The summed E-state index contributed by atoms with van der Waals surface area (Å²) in [5.41, 5.74) is 0. The molecule has 2 saturated heterocycles. The summed E-state index contributed by atoms with van der Waals surface area (Å²) in [6.07, 6.45) is 6.14. The van der Waals surface area contributed by atoms with E-state index in [1.165, 1.54) is 12.8 Å². The van der Waals surface area contributed by atoms with E-state index in [9.17, 15) is 0 Å². The molecule has 4 heteroatoms. The van der Waals surface area contributed by atoms with Gasteiger partial charge in [-0.3, -0.25) is 0 Å². The van der Waals surface area contributed by atoms with Crippen LogP contribution in [-0.2, 0) is 18.9 Å². The van der Waals surface area contributed by atoms with Crippen LogP contribution in [0.25, 0.3) is 0 Å². The Hall–Kier alpha value is -0.160. The first kappa shape index (κ1) is 14.3. The van der Waals surface area contributed by atoms with E-state index in [0.717, 1.165) is 39.3 Å². The predicted molar refractivity (Wildman–Crippen MR) is 68.8 cm³/mol. The maximum atomic E-state index is 5.69. The second-order valence-electron chi connectivity index (χ2n) is 5.48.